The molecule has 1 unspecified atom stereocenters. The molecule has 2 aromatic rings. The van der Waals surface area contributed by atoms with Gasteiger partial charge in [-0.3, -0.25) is 0 Å². The van der Waals surface area contributed by atoms with Gasteiger partial charge in [-0.25, -0.2) is 4.39 Å². The summed E-state index contributed by atoms with van der Waals surface area (Å²) < 4.78 is 25.9. The minimum Gasteiger partial charge on any atom is -0.497 e. The molecule has 0 saturated heterocycles. The number of halogens is 2. The quantitative estimate of drug-likeness (QED) is 0.517. The molecule has 112 valence electrons. The molecule has 0 amide bonds. The largest absolute Gasteiger partial charge is 0.497 e. The number of methoxy groups -OCH3 is 1. The molecular formula is C17H18FIO2. The highest BCUT2D eigenvalue weighted by Gasteiger charge is 2.29. The van der Waals surface area contributed by atoms with Gasteiger partial charge in [0.2, 0.25) is 0 Å². The Kier molecular flexibility index (Phi) is 5.58. The van der Waals surface area contributed by atoms with Crippen molar-refractivity contribution in [1.82, 2.24) is 0 Å². The maximum absolute atomic E-state index is 14.0. The summed E-state index contributed by atoms with van der Waals surface area (Å²) >= 11 is 2.23. The highest BCUT2D eigenvalue weighted by atomic mass is 127. The van der Waals surface area contributed by atoms with Crippen molar-refractivity contribution in [3.8, 4) is 5.75 Å². The predicted molar refractivity (Wildman–Crippen MR) is 90.4 cm³/mol. The zero-order valence-corrected chi connectivity index (χ0v) is 14.3. The van der Waals surface area contributed by atoms with Crippen LogP contribution in [0, 0.1) is 5.82 Å². The second kappa shape index (κ2) is 7.22. The second-order valence-electron chi connectivity index (χ2n) is 4.98. The van der Waals surface area contributed by atoms with Gasteiger partial charge in [0.15, 0.2) is 0 Å². The van der Waals surface area contributed by atoms with E-state index in [4.69, 9.17) is 9.47 Å². The van der Waals surface area contributed by atoms with Gasteiger partial charge in [-0.05, 0) is 30.7 Å². The fraction of sp³-hybridized carbons (Fsp3) is 0.294. The summed E-state index contributed by atoms with van der Waals surface area (Å²) in [7, 11) is 1.63. The third-order valence-corrected chi connectivity index (χ3v) is 4.85. The highest BCUT2D eigenvalue weighted by Crippen LogP contribution is 2.31. The Morgan fingerprint density at radius 2 is 1.90 bits per heavy atom. The lowest BCUT2D eigenvalue weighted by Gasteiger charge is -2.29. The van der Waals surface area contributed by atoms with Crippen LogP contribution < -0.4 is 4.74 Å². The lowest BCUT2D eigenvalue weighted by molar-refractivity contribution is -0.0299. The first-order chi connectivity index (χ1) is 10.1. The summed E-state index contributed by atoms with van der Waals surface area (Å²) in [6, 6.07) is 14.5. The molecule has 0 bridgehead atoms. The summed E-state index contributed by atoms with van der Waals surface area (Å²) in [6.07, 6.45) is 0. The zero-order valence-electron chi connectivity index (χ0n) is 12.1. The molecule has 0 aliphatic rings. The molecule has 0 fully saturated rings. The minimum absolute atomic E-state index is 0.234. The Morgan fingerprint density at radius 3 is 2.57 bits per heavy atom. The molecule has 0 aromatic heterocycles. The van der Waals surface area contributed by atoms with Crippen LogP contribution in [0.25, 0.3) is 0 Å². The molecule has 0 aliphatic carbocycles. The van der Waals surface area contributed by atoms with Crippen LogP contribution in [-0.2, 0) is 16.9 Å². The van der Waals surface area contributed by atoms with Crippen LogP contribution in [0.4, 0.5) is 4.39 Å². The van der Waals surface area contributed by atoms with E-state index in [0.29, 0.717) is 16.6 Å². The Balaban J connectivity index is 2.17. The molecule has 2 rings (SSSR count). The first-order valence-corrected chi connectivity index (χ1v) is 8.19. The van der Waals surface area contributed by atoms with E-state index in [1.54, 1.807) is 19.2 Å². The van der Waals surface area contributed by atoms with Crippen LogP contribution in [0.15, 0.2) is 48.5 Å². The highest BCUT2D eigenvalue weighted by molar-refractivity contribution is 14.1. The average molecular weight is 400 g/mol. The van der Waals surface area contributed by atoms with Gasteiger partial charge in [-0.2, -0.15) is 0 Å². The van der Waals surface area contributed by atoms with Gasteiger partial charge in [-0.1, -0.05) is 52.9 Å². The lowest BCUT2D eigenvalue weighted by Crippen LogP contribution is -2.29. The van der Waals surface area contributed by atoms with Crippen molar-refractivity contribution in [3.05, 3.63) is 65.5 Å². The summed E-state index contributed by atoms with van der Waals surface area (Å²) in [4.78, 5) is 0. The summed E-state index contributed by atoms with van der Waals surface area (Å²) in [5.41, 5.74) is 0.929. The van der Waals surface area contributed by atoms with E-state index in [1.165, 1.54) is 6.07 Å². The van der Waals surface area contributed by atoms with Gasteiger partial charge >= 0.3 is 0 Å². The van der Waals surface area contributed by atoms with Crippen molar-refractivity contribution in [1.29, 1.82) is 0 Å². The van der Waals surface area contributed by atoms with Gasteiger partial charge in [0.1, 0.15) is 17.2 Å². The average Bonchev–Trinajstić information content (AvgIpc) is 2.53. The smallest absolute Gasteiger partial charge is 0.129 e. The molecular weight excluding hydrogens is 382 g/mol. The van der Waals surface area contributed by atoms with Gasteiger partial charge < -0.3 is 9.47 Å². The topological polar surface area (TPSA) is 18.5 Å². The van der Waals surface area contributed by atoms with Crippen LogP contribution in [0.5, 0.6) is 5.75 Å². The van der Waals surface area contributed by atoms with Crippen molar-refractivity contribution in [2.45, 2.75) is 19.1 Å². The van der Waals surface area contributed by atoms with E-state index in [1.807, 2.05) is 37.3 Å². The van der Waals surface area contributed by atoms with E-state index < -0.39 is 5.60 Å². The molecule has 21 heavy (non-hydrogen) atoms. The molecule has 0 N–H and O–H groups in total. The van der Waals surface area contributed by atoms with E-state index in [9.17, 15) is 4.39 Å². The zero-order chi connectivity index (χ0) is 15.3. The molecule has 0 heterocycles. The Labute approximate surface area is 138 Å². The van der Waals surface area contributed by atoms with Gasteiger partial charge in [0, 0.05) is 9.99 Å². The lowest BCUT2D eigenvalue weighted by atomic mass is 9.97. The first kappa shape index (κ1) is 16.2. The predicted octanol–water partition coefficient (Wildman–Crippen LogP) is 4.70. The molecule has 2 aromatic carbocycles. The molecule has 0 spiro atoms. The minimum atomic E-state index is -0.658. The Bertz CT molecular complexity index is 603. The fourth-order valence-electron chi connectivity index (χ4n) is 2.08. The third kappa shape index (κ3) is 3.95. The number of rotatable bonds is 6. The number of hydrogen-bond donors (Lipinski definition) is 0. The number of benzene rings is 2. The maximum Gasteiger partial charge on any atom is 0.129 e. The summed E-state index contributed by atoms with van der Waals surface area (Å²) in [5.74, 6) is 0.556. The monoisotopic (exact) mass is 400 g/mol. The molecule has 0 radical (unpaired) electrons. The Hall–Kier alpha value is -1.14. The van der Waals surface area contributed by atoms with Crippen molar-refractivity contribution in [3.63, 3.8) is 0 Å². The van der Waals surface area contributed by atoms with Crippen molar-refractivity contribution in [2.75, 3.05) is 11.5 Å². The van der Waals surface area contributed by atoms with Crippen LogP contribution in [0.3, 0.4) is 0 Å². The van der Waals surface area contributed by atoms with Crippen LogP contribution in [0.2, 0.25) is 0 Å². The molecule has 0 aliphatic heterocycles. The molecule has 1 atom stereocenters. The molecule has 2 nitrogen and oxygen atoms in total. The van der Waals surface area contributed by atoms with E-state index >= 15 is 0 Å². The van der Waals surface area contributed by atoms with Gasteiger partial charge in [0.05, 0.1) is 13.7 Å². The summed E-state index contributed by atoms with van der Waals surface area (Å²) in [5, 5.41) is 0. The number of alkyl halides is 1. The molecule has 0 saturated carbocycles. The number of ether oxygens (including phenoxy) is 2. The number of hydrogen-bond acceptors (Lipinski definition) is 2. The SMILES string of the molecule is COc1cccc(COC(C)(CI)c2ccccc2F)c1. The molecule has 4 heteroatoms. The van der Waals surface area contributed by atoms with Crippen molar-refractivity contribution in [2.24, 2.45) is 0 Å². The van der Waals surface area contributed by atoms with Gasteiger partial charge in [0.25, 0.3) is 0 Å². The van der Waals surface area contributed by atoms with Crippen LogP contribution >= 0.6 is 22.6 Å². The second-order valence-corrected chi connectivity index (χ2v) is 5.75. The van der Waals surface area contributed by atoms with E-state index in [2.05, 4.69) is 22.6 Å². The van der Waals surface area contributed by atoms with Crippen LogP contribution in [0.1, 0.15) is 18.1 Å². The fourth-order valence-corrected chi connectivity index (χ4v) is 2.71. The van der Waals surface area contributed by atoms with Crippen molar-refractivity contribution < 1.29 is 13.9 Å². The van der Waals surface area contributed by atoms with Crippen LogP contribution in [-0.4, -0.2) is 11.5 Å². The Morgan fingerprint density at radius 1 is 1.14 bits per heavy atom. The maximum atomic E-state index is 14.0. The third-order valence-electron chi connectivity index (χ3n) is 3.39. The van der Waals surface area contributed by atoms with Crippen molar-refractivity contribution >= 4 is 22.6 Å². The van der Waals surface area contributed by atoms with E-state index in [0.717, 1.165) is 11.3 Å². The normalized spacial score (nSPS) is 13.7. The standard InChI is InChI=1S/C17H18FIO2/c1-17(12-19,15-8-3-4-9-16(15)18)21-11-13-6-5-7-14(10-13)20-2/h3-10H,11-12H2,1-2H3. The first-order valence-electron chi connectivity index (χ1n) is 6.67. The van der Waals surface area contributed by atoms with E-state index in [-0.39, 0.29) is 5.82 Å². The summed E-state index contributed by atoms with van der Waals surface area (Å²) in [6.45, 7) is 2.32. The van der Waals surface area contributed by atoms with Gasteiger partial charge in [-0.15, -0.1) is 0 Å².